The maximum Gasteiger partial charge on any atom is 0.132 e. The summed E-state index contributed by atoms with van der Waals surface area (Å²) in [5.41, 5.74) is 3.07. The molecule has 0 aliphatic rings. The Bertz CT molecular complexity index is 644. The highest BCUT2D eigenvalue weighted by atomic mass is 79.9. The lowest BCUT2D eigenvalue weighted by atomic mass is 9.98. The van der Waals surface area contributed by atoms with Crippen LogP contribution in [-0.2, 0) is 6.42 Å². The number of nitrogens with one attached hydrogen (secondary N) is 1. The minimum Gasteiger partial charge on any atom is -0.271 e. The second-order valence-electron chi connectivity index (χ2n) is 4.45. The Morgan fingerprint density at radius 1 is 1.10 bits per heavy atom. The highest BCUT2D eigenvalue weighted by molar-refractivity contribution is 9.10. The fourth-order valence-electron chi connectivity index (χ4n) is 2.03. The molecule has 0 aromatic heterocycles. The quantitative estimate of drug-likeness (QED) is 0.577. The summed E-state index contributed by atoms with van der Waals surface area (Å²) in [5.74, 6) is 4.09. The fourth-order valence-corrected chi connectivity index (χ4v) is 2.76. The van der Waals surface area contributed by atoms with Gasteiger partial charge in [-0.1, -0.05) is 45.2 Å². The van der Waals surface area contributed by atoms with Crippen LogP contribution in [0.4, 0.5) is 8.78 Å². The molecule has 7 heteroatoms. The lowest BCUT2D eigenvalue weighted by Gasteiger charge is -2.18. The van der Waals surface area contributed by atoms with Crippen LogP contribution in [0.3, 0.4) is 0 Å². The van der Waals surface area contributed by atoms with Gasteiger partial charge in [-0.05, 0) is 36.2 Å². The van der Waals surface area contributed by atoms with E-state index in [4.69, 9.17) is 29.0 Å². The first-order chi connectivity index (χ1) is 9.92. The topological polar surface area (TPSA) is 38.0 Å². The summed E-state index contributed by atoms with van der Waals surface area (Å²) in [4.78, 5) is 0. The molecule has 3 N–H and O–H groups in total. The van der Waals surface area contributed by atoms with Crippen molar-refractivity contribution < 1.29 is 8.78 Å². The maximum absolute atomic E-state index is 14.0. The van der Waals surface area contributed by atoms with E-state index in [1.165, 1.54) is 12.1 Å². The predicted octanol–water partition coefficient (Wildman–Crippen LogP) is 4.78. The number of hydrogen-bond donors (Lipinski definition) is 2. The Labute approximate surface area is 139 Å². The summed E-state index contributed by atoms with van der Waals surface area (Å²) in [5, 5.41) is 0.792. The average molecular weight is 396 g/mol. The van der Waals surface area contributed by atoms with Crippen LogP contribution in [0.25, 0.3) is 0 Å². The van der Waals surface area contributed by atoms with Gasteiger partial charge < -0.3 is 0 Å². The summed E-state index contributed by atoms with van der Waals surface area (Å²) >= 11 is 14.8. The van der Waals surface area contributed by atoms with Gasteiger partial charge in [-0.3, -0.25) is 11.3 Å². The third-order valence-corrected chi connectivity index (χ3v) is 4.21. The summed E-state index contributed by atoms with van der Waals surface area (Å²) < 4.78 is 28.3. The number of hydrogen-bond acceptors (Lipinski definition) is 2. The largest absolute Gasteiger partial charge is 0.271 e. The standard InChI is InChI=1S/C14H11BrCl2F2N2/c15-8-5-11(18)14(12(19)6-8)13(21-20)4-7-1-2-9(16)10(17)3-7/h1-3,5-6,13,21H,4,20H2. The predicted molar refractivity (Wildman–Crippen MR) is 84.3 cm³/mol. The molecule has 2 nitrogen and oxygen atoms in total. The molecule has 2 rings (SSSR count). The van der Waals surface area contributed by atoms with E-state index in [1.54, 1.807) is 18.2 Å². The highest BCUT2D eigenvalue weighted by Crippen LogP contribution is 2.29. The molecule has 2 aromatic carbocycles. The van der Waals surface area contributed by atoms with Crippen molar-refractivity contribution in [3.8, 4) is 0 Å². The molecule has 1 unspecified atom stereocenters. The van der Waals surface area contributed by atoms with Crippen LogP contribution in [0, 0.1) is 11.6 Å². The van der Waals surface area contributed by atoms with Gasteiger partial charge in [0.05, 0.1) is 16.1 Å². The Hall–Kier alpha value is -0.720. The van der Waals surface area contributed by atoms with E-state index in [9.17, 15) is 8.78 Å². The number of benzene rings is 2. The van der Waals surface area contributed by atoms with Crippen LogP contribution < -0.4 is 11.3 Å². The van der Waals surface area contributed by atoms with Crippen molar-refractivity contribution in [2.75, 3.05) is 0 Å². The zero-order valence-electron chi connectivity index (χ0n) is 10.6. The minimum absolute atomic E-state index is 0.119. The van der Waals surface area contributed by atoms with Gasteiger partial charge in [0, 0.05) is 10.0 Å². The van der Waals surface area contributed by atoms with Crippen molar-refractivity contribution in [1.29, 1.82) is 0 Å². The van der Waals surface area contributed by atoms with Crippen LogP contribution in [0.1, 0.15) is 17.2 Å². The lowest BCUT2D eigenvalue weighted by molar-refractivity contribution is 0.472. The van der Waals surface area contributed by atoms with Crippen molar-refractivity contribution in [2.24, 2.45) is 5.84 Å². The van der Waals surface area contributed by atoms with E-state index < -0.39 is 17.7 Å². The van der Waals surface area contributed by atoms with Crippen molar-refractivity contribution in [2.45, 2.75) is 12.5 Å². The third-order valence-electron chi connectivity index (χ3n) is 3.02. The Kier molecular flexibility index (Phi) is 5.57. The van der Waals surface area contributed by atoms with Gasteiger partial charge in [0.2, 0.25) is 0 Å². The molecule has 0 aliphatic carbocycles. The normalized spacial score (nSPS) is 12.5. The molecule has 0 bridgehead atoms. The maximum atomic E-state index is 14.0. The molecular formula is C14H11BrCl2F2N2. The monoisotopic (exact) mass is 394 g/mol. The summed E-state index contributed by atoms with van der Waals surface area (Å²) in [7, 11) is 0. The molecule has 1 atom stereocenters. The molecule has 0 spiro atoms. The molecule has 0 aliphatic heterocycles. The van der Waals surface area contributed by atoms with Crippen LogP contribution in [0.15, 0.2) is 34.8 Å². The van der Waals surface area contributed by atoms with Gasteiger partial charge >= 0.3 is 0 Å². The third kappa shape index (κ3) is 3.93. The van der Waals surface area contributed by atoms with Crippen molar-refractivity contribution in [1.82, 2.24) is 5.43 Å². The van der Waals surface area contributed by atoms with Crippen LogP contribution >= 0.6 is 39.1 Å². The fraction of sp³-hybridized carbons (Fsp3) is 0.143. The van der Waals surface area contributed by atoms with E-state index in [0.717, 1.165) is 5.56 Å². The molecule has 0 amide bonds. The van der Waals surface area contributed by atoms with Crippen LogP contribution in [0.2, 0.25) is 10.0 Å². The molecule has 0 saturated heterocycles. The van der Waals surface area contributed by atoms with Crippen molar-refractivity contribution in [3.63, 3.8) is 0 Å². The SMILES string of the molecule is NNC(Cc1ccc(Cl)c(Cl)c1)c1c(F)cc(Br)cc1F. The molecule has 0 heterocycles. The number of rotatable bonds is 4. The van der Waals surface area contributed by atoms with Crippen molar-refractivity contribution >= 4 is 39.1 Å². The van der Waals surface area contributed by atoms with E-state index in [1.807, 2.05) is 0 Å². The first-order valence-electron chi connectivity index (χ1n) is 5.97. The first kappa shape index (κ1) is 16.6. The highest BCUT2D eigenvalue weighted by Gasteiger charge is 2.20. The second kappa shape index (κ2) is 7.03. The van der Waals surface area contributed by atoms with Crippen molar-refractivity contribution in [3.05, 3.63) is 67.6 Å². The van der Waals surface area contributed by atoms with Gasteiger partial charge in [0.15, 0.2) is 0 Å². The van der Waals surface area contributed by atoms with Gasteiger partial charge in [-0.15, -0.1) is 0 Å². The molecule has 0 radical (unpaired) electrons. The van der Waals surface area contributed by atoms with Crippen LogP contribution in [0.5, 0.6) is 0 Å². The molecular weight excluding hydrogens is 385 g/mol. The van der Waals surface area contributed by atoms with Gasteiger partial charge in [0.25, 0.3) is 0 Å². The smallest absolute Gasteiger partial charge is 0.132 e. The number of nitrogens with two attached hydrogens (primary N) is 1. The van der Waals surface area contributed by atoms with Gasteiger partial charge in [-0.25, -0.2) is 8.78 Å². The molecule has 2 aromatic rings. The Balaban J connectivity index is 2.34. The lowest BCUT2D eigenvalue weighted by Crippen LogP contribution is -2.31. The van der Waals surface area contributed by atoms with Gasteiger partial charge in [-0.2, -0.15) is 0 Å². The van der Waals surface area contributed by atoms with E-state index >= 15 is 0 Å². The molecule has 112 valence electrons. The molecule has 0 fully saturated rings. The average Bonchev–Trinajstić information content (AvgIpc) is 2.40. The van der Waals surface area contributed by atoms with Crippen LogP contribution in [-0.4, -0.2) is 0 Å². The van der Waals surface area contributed by atoms with E-state index in [0.29, 0.717) is 14.5 Å². The van der Waals surface area contributed by atoms with E-state index in [2.05, 4.69) is 21.4 Å². The first-order valence-corrected chi connectivity index (χ1v) is 7.51. The Morgan fingerprint density at radius 2 is 1.71 bits per heavy atom. The summed E-state index contributed by atoms with van der Waals surface area (Å²) in [6.07, 6.45) is 0.267. The molecule has 0 saturated carbocycles. The van der Waals surface area contributed by atoms with Gasteiger partial charge in [0.1, 0.15) is 11.6 Å². The zero-order valence-corrected chi connectivity index (χ0v) is 13.7. The van der Waals surface area contributed by atoms with E-state index in [-0.39, 0.29) is 12.0 Å². The zero-order chi connectivity index (χ0) is 15.6. The number of halogens is 5. The summed E-state index contributed by atoms with van der Waals surface area (Å²) in [6, 6.07) is 6.65. The Morgan fingerprint density at radius 3 is 2.24 bits per heavy atom. The molecule has 21 heavy (non-hydrogen) atoms. The number of hydrazine groups is 1. The summed E-state index contributed by atoms with van der Waals surface area (Å²) in [6.45, 7) is 0. The minimum atomic E-state index is -0.727. The second-order valence-corrected chi connectivity index (χ2v) is 6.19.